The fourth-order valence-electron chi connectivity index (χ4n) is 1.86. The Morgan fingerprint density at radius 1 is 1.33 bits per heavy atom. The molecule has 0 spiro atoms. The van der Waals surface area contributed by atoms with Crippen LogP contribution in [0.4, 0.5) is 10.5 Å². The van der Waals surface area contributed by atoms with Gasteiger partial charge in [-0.25, -0.2) is 4.79 Å². The summed E-state index contributed by atoms with van der Waals surface area (Å²) in [5.41, 5.74) is 0.677. The van der Waals surface area contributed by atoms with Crippen LogP contribution in [0.25, 0.3) is 0 Å². The van der Waals surface area contributed by atoms with Crippen molar-refractivity contribution in [3.8, 4) is 0 Å². The second-order valence-electron chi connectivity index (χ2n) is 4.88. The standard InChI is InChI=1S/C15H22N2O4/c1-12(11-21-2)10-16-15(20)17(9-8-14(18)19)13-6-4-3-5-7-13/h3-7,12H,8-11H2,1-2H3,(H,16,20)(H,18,19). The van der Waals surface area contributed by atoms with Crippen molar-refractivity contribution < 1.29 is 19.4 Å². The molecule has 2 amide bonds. The summed E-state index contributed by atoms with van der Waals surface area (Å²) < 4.78 is 5.02. The van der Waals surface area contributed by atoms with Crippen LogP contribution in [-0.2, 0) is 9.53 Å². The maximum atomic E-state index is 12.2. The average molecular weight is 294 g/mol. The number of carboxylic acids is 1. The second-order valence-corrected chi connectivity index (χ2v) is 4.88. The molecule has 116 valence electrons. The zero-order valence-electron chi connectivity index (χ0n) is 12.4. The van der Waals surface area contributed by atoms with E-state index in [2.05, 4.69) is 5.32 Å². The molecular weight excluding hydrogens is 272 g/mol. The number of benzene rings is 1. The summed E-state index contributed by atoms with van der Waals surface area (Å²) in [6, 6.07) is 8.72. The monoisotopic (exact) mass is 294 g/mol. The summed E-state index contributed by atoms with van der Waals surface area (Å²) in [5.74, 6) is -0.743. The lowest BCUT2D eigenvalue weighted by Crippen LogP contribution is -2.43. The third-order valence-electron chi connectivity index (χ3n) is 2.92. The quantitative estimate of drug-likeness (QED) is 0.768. The number of anilines is 1. The molecule has 1 unspecified atom stereocenters. The first kappa shape index (κ1) is 17.0. The predicted molar refractivity (Wildman–Crippen MR) is 80.5 cm³/mol. The van der Waals surface area contributed by atoms with Crippen LogP contribution in [0.2, 0.25) is 0 Å². The van der Waals surface area contributed by atoms with Crippen molar-refractivity contribution in [1.82, 2.24) is 5.32 Å². The number of carboxylic acid groups (broad SMARTS) is 1. The van der Waals surface area contributed by atoms with E-state index >= 15 is 0 Å². The van der Waals surface area contributed by atoms with Crippen molar-refractivity contribution in [2.45, 2.75) is 13.3 Å². The van der Waals surface area contributed by atoms with Gasteiger partial charge in [-0.15, -0.1) is 0 Å². The fourth-order valence-corrected chi connectivity index (χ4v) is 1.86. The number of para-hydroxylation sites is 1. The van der Waals surface area contributed by atoms with Gasteiger partial charge in [-0.2, -0.15) is 0 Å². The number of rotatable bonds is 8. The molecule has 21 heavy (non-hydrogen) atoms. The van der Waals surface area contributed by atoms with Gasteiger partial charge in [0.15, 0.2) is 0 Å². The van der Waals surface area contributed by atoms with Crippen molar-refractivity contribution in [1.29, 1.82) is 0 Å². The molecule has 0 aliphatic heterocycles. The minimum atomic E-state index is -0.934. The van der Waals surface area contributed by atoms with Crippen LogP contribution in [0.1, 0.15) is 13.3 Å². The first-order valence-electron chi connectivity index (χ1n) is 6.85. The fraction of sp³-hybridized carbons (Fsp3) is 0.467. The molecule has 0 bridgehead atoms. The van der Waals surface area contributed by atoms with Gasteiger partial charge in [0.05, 0.1) is 13.0 Å². The third kappa shape index (κ3) is 6.27. The van der Waals surface area contributed by atoms with Gasteiger partial charge in [0, 0.05) is 25.9 Å². The highest BCUT2D eigenvalue weighted by Crippen LogP contribution is 2.14. The van der Waals surface area contributed by atoms with Gasteiger partial charge in [0.2, 0.25) is 0 Å². The Bertz CT molecular complexity index is 450. The van der Waals surface area contributed by atoms with Crippen molar-refractivity contribution in [3.63, 3.8) is 0 Å². The van der Waals surface area contributed by atoms with Crippen LogP contribution < -0.4 is 10.2 Å². The van der Waals surface area contributed by atoms with E-state index in [-0.39, 0.29) is 24.9 Å². The minimum Gasteiger partial charge on any atom is -0.481 e. The molecule has 1 atom stereocenters. The van der Waals surface area contributed by atoms with Gasteiger partial charge in [-0.3, -0.25) is 9.69 Å². The van der Waals surface area contributed by atoms with Gasteiger partial charge < -0.3 is 15.2 Å². The number of urea groups is 1. The number of nitrogens with one attached hydrogen (secondary N) is 1. The van der Waals surface area contributed by atoms with E-state index < -0.39 is 5.97 Å². The SMILES string of the molecule is COCC(C)CNC(=O)N(CCC(=O)O)c1ccccc1. The number of carbonyl (C=O) groups excluding carboxylic acids is 1. The first-order chi connectivity index (χ1) is 10.0. The number of amides is 2. The molecule has 0 saturated heterocycles. The Balaban J connectivity index is 2.67. The van der Waals surface area contributed by atoms with Gasteiger partial charge >= 0.3 is 12.0 Å². The second kappa shape index (κ2) is 8.97. The number of ether oxygens (including phenoxy) is 1. The number of hydrogen-bond acceptors (Lipinski definition) is 3. The van der Waals surface area contributed by atoms with Crippen LogP contribution in [0, 0.1) is 5.92 Å². The number of nitrogens with zero attached hydrogens (tertiary/aromatic N) is 1. The molecule has 1 aromatic rings. The van der Waals surface area contributed by atoms with E-state index in [1.807, 2.05) is 25.1 Å². The number of hydrogen-bond donors (Lipinski definition) is 2. The van der Waals surface area contributed by atoms with Gasteiger partial charge in [0.25, 0.3) is 0 Å². The third-order valence-corrected chi connectivity index (χ3v) is 2.92. The molecular formula is C15H22N2O4. The van der Waals surface area contributed by atoms with Crippen LogP contribution in [0.5, 0.6) is 0 Å². The minimum absolute atomic E-state index is 0.101. The first-order valence-corrected chi connectivity index (χ1v) is 6.85. The summed E-state index contributed by atoms with van der Waals surface area (Å²) in [5, 5.41) is 11.6. The maximum absolute atomic E-state index is 12.2. The van der Waals surface area contributed by atoms with Gasteiger partial charge in [-0.1, -0.05) is 25.1 Å². The van der Waals surface area contributed by atoms with Crippen LogP contribution in [0.3, 0.4) is 0 Å². The van der Waals surface area contributed by atoms with Crippen LogP contribution in [0.15, 0.2) is 30.3 Å². The summed E-state index contributed by atoms with van der Waals surface area (Å²) >= 11 is 0. The molecule has 0 fully saturated rings. The predicted octanol–water partition coefficient (Wildman–Crippen LogP) is 1.96. The Labute approximate surface area is 124 Å². The van der Waals surface area contributed by atoms with Crippen LogP contribution in [-0.4, -0.2) is 43.9 Å². The molecule has 0 aromatic heterocycles. The van der Waals surface area contributed by atoms with E-state index in [1.54, 1.807) is 19.2 Å². The topological polar surface area (TPSA) is 78.9 Å². The summed E-state index contributed by atoms with van der Waals surface area (Å²) in [4.78, 5) is 24.4. The van der Waals surface area contributed by atoms with Gasteiger partial charge in [0.1, 0.15) is 0 Å². The van der Waals surface area contributed by atoms with Crippen molar-refractivity contribution >= 4 is 17.7 Å². The lowest BCUT2D eigenvalue weighted by Gasteiger charge is -2.23. The number of carbonyl (C=O) groups is 2. The highest BCUT2D eigenvalue weighted by Gasteiger charge is 2.17. The molecule has 0 aliphatic rings. The molecule has 0 radical (unpaired) electrons. The molecule has 6 nitrogen and oxygen atoms in total. The molecule has 0 saturated carbocycles. The average Bonchev–Trinajstić information content (AvgIpc) is 2.46. The van der Waals surface area contributed by atoms with Crippen molar-refractivity contribution in [2.24, 2.45) is 5.92 Å². The van der Waals surface area contributed by atoms with E-state index in [9.17, 15) is 9.59 Å². The molecule has 6 heteroatoms. The summed E-state index contributed by atoms with van der Waals surface area (Å²) in [7, 11) is 1.61. The van der Waals surface area contributed by atoms with E-state index in [0.717, 1.165) is 0 Å². The lowest BCUT2D eigenvalue weighted by atomic mass is 10.2. The van der Waals surface area contributed by atoms with Crippen LogP contribution >= 0.6 is 0 Å². The Hall–Kier alpha value is -2.08. The van der Waals surface area contributed by atoms with Crippen molar-refractivity contribution in [3.05, 3.63) is 30.3 Å². The lowest BCUT2D eigenvalue weighted by molar-refractivity contribution is -0.136. The maximum Gasteiger partial charge on any atom is 0.321 e. The van der Waals surface area contributed by atoms with Gasteiger partial charge in [-0.05, 0) is 18.1 Å². The highest BCUT2D eigenvalue weighted by atomic mass is 16.5. The van der Waals surface area contributed by atoms with E-state index in [4.69, 9.17) is 9.84 Å². The number of aliphatic carboxylic acids is 1. The summed E-state index contributed by atoms with van der Waals surface area (Å²) in [6.07, 6.45) is -0.101. The zero-order chi connectivity index (χ0) is 15.7. The Morgan fingerprint density at radius 2 is 2.00 bits per heavy atom. The number of methoxy groups -OCH3 is 1. The van der Waals surface area contributed by atoms with E-state index in [0.29, 0.717) is 18.8 Å². The summed E-state index contributed by atoms with van der Waals surface area (Å²) in [6.45, 7) is 3.13. The molecule has 0 heterocycles. The Kier molecular flexibility index (Phi) is 7.25. The highest BCUT2D eigenvalue weighted by molar-refractivity contribution is 5.92. The van der Waals surface area contributed by atoms with Crippen molar-refractivity contribution in [2.75, 3.05) is 31.7 Å². The largest absolute Gasteiger partial charge is 0.481 e. The zero-order valence-corrected chi connectivity index (χ0v) is 12.4. The smallest absolute Gasteiger partial charge is 0.321 e. The molecule has 2 N–H and O–H groups in total. The van der Waals surface area contributed by atoms with E-state index in [1.165, 1.54) is 4.90 Å². The molecule has 1 aromatic carbocycles. The Morgan fingerprint density at radius 3 is 2.57 bits per heavy atom. The molecule has 1 rings (SSSR count). The molecule has 0 aliphatic carbocycles. The normalized spacial score (nSPS) is 11.7.